The number of carbonyl (C=O) groups is 2. The highest BCUT2D eigenvalue weighted by Gasteiger charge is 2.32. The molecule has 1 heterocycles. The van der Waals surface area contributed by atoms with Crippen LogP contribution in [0.3, 0.4) is 0 Å². The topological polar surface area (TPSA) is 69.6 Å². The Balaban J connectivity index is 2.37. The Morgan fingerprint density at radius 1 is 1.30 bits per heavy atom. The van der Waals surface area contributed by atoms with Crippen molar-refractivity contribution in [3.05, 3.63) is 0 Å². The number of urea groups is 1. The first kappa shape index (κ1) is 16.8. The molecule has 2 amide bonds. The molecule has 0 aromatic carbocycles. The maximum atomic E-state index is 12.2. The molecular weight excluding hydrogens is 256 g/mol. The second kappa shape index (κ2) is 8.82. The number of unbranched alkanes of at least 4 members (excludes halogenated alkanes) is 3. The second-order valence-corrected chi connectivity index (χ2v) is 5.74. The molecule has 0 aromatic heterocycles. The van der Waals surface area contributed by atoms with E-state index in [1.54, 1.807) is 0 Å². The quantitative estimate of drug-likeness (QED) is 0.706. The van der Waals surface area contributed by atoms with Crippen molar-refractivity contribution in [2.75, 3.05) is 6.54 Å². The Hall–Kier alpha value is -1.26. The number of amides is 2. The summed E-state index contributed by atoms with van der Waals surface area (Å²) in [5.74, 6) is -0.893. The molecule has 0 aliphatic carbocycles. The van der Waals surface area contributed by atoms with Crippen molar-refractivity contribution in [1.29, 1.82) is 0 Å². The summed E-state index contributed by atoms with van der Waals surface area (Å²) in [5, 5.41) is 12.1. The Kier molecular flexibility index (Phi) is 7.41. The van der Waals surface area contributed by atoms with Crippen LogP contribution in [0.25, 0.3) is 0 Å². The fraction of sp³-hybridized carbons (Fsp3) is 0.867. The first-order chi connectivity index (χ1) is 9.56. The molecule has 2 unspecified atom stereocenters. The SMILES string of the molecule is CCCCCCC(C)NC(=O)N1CCCCC1C(=O)O. The molecule has 2 N–H and O–H groups in total. The lowest BCUT2D eigenvalue weighted by Gasteiger charge is -2.33. The van der Waals surface area contributed by atoms with Gasteiger partial charge in [-0.15, -0.1) is 0 Å². The van der Waals surface area contributed by atoms with Gasteiger partial charge < -0.3 is 15.3 Å². The van der Waals surface area contributed by atoms with Crippen LogP contribution in [0.1, 0.15) is 65.2 Å². The van der Waals surface area contributed by atoms with Crippen molar-refractivity contribution in [2.45, 2.75) is 77.3 Å². The van der Waals surface area contributed by atoms with E-state index >= 15 is 0 Å². The van der Waals surface area contributed by atoms with E-state index < -0.39 is 12.0 Å². The van der Waals surface area contributed by atoms with Crippen LogP contribution in [-0.2, 0) is 4.79 Å². The van der Waals surface area contributed by atoms with Crippen LogP contribution >= 0.6 is 0 Å². The highest BCUT2D eigenvalue weighted by molar-refractivity contribution is 5.83. The molecule has 20 heavy (non-hydrogen) atoms. The Morgan fingerprint density at radius 2 is 2.05 bits per heavy atom. The van der Waals surface area contributed by atoms with Crippen molar-refractivity contribution < 1.29 is 14.7 Å². The van der Waals surface area contributed by atoms with Crippen molar-refractivity contribution in [1.82, 2.24) is 10.2 Å². The van der Waals surface area contributed by atoms with Gasteiger partial charge >= 0.3 is 12.0 Å². The third-order valence-corrected chi connectivity index (χ3v) is 3.91. The number of nitrogens with zero attached hydrogens (tertiary/aromatic N) is 1. The third-order valence-electron chi connectivity index (χ3n) is 3.91. The number of carboxylic acids is 1. The predicted molar refractivity (Wildman–Crippen MR) is 78.7 cm³/mol. The first-order valence-corrected chi connectivity index (χ1v) is 7.86. The molecule has 2 atom stereocenters. The van der Waals surface area contributed by atoms with E-state index in [4.69, 9.17) is 0 Å². The predicted octanol–water partition coefficient (Wildman–Crippen LogP) is 2.99. The molecule has 1 saturated heterocycles. The number of carbonyl (C=O) groups excluding carboxylic acids is 1. The van der Waals surface area contributed by atoms with E-state index in [1.165, 1.54) is 24.2 Å². The molecule has 5 nitrogen and oxygen atoms in total. The number of rotatable bonds is 7. The van der Waals surface area contributed by atoms with Crippen molar-refractivity contribution in [3.8, 4) is 0 Å². The summed E-state index contributed by atoms with van der Waals surface area (Å²) in [5.41, 5.74) is 0. The maximum Gasteiger partial charge on any atom is 0.326 e. The minimum Gasteiger partial charge on any atom is -0.480 e. The summed E-state index contributed by atoms with van der Waals surface area (Å²) in [6.07, 6.45) is 8.03. The van der Waals surface area contributed by atoms with E-state index in [1.807, 2.05) is 6.92 Å². The van der Waals surface area contributed by atoms with Gasteiger partial charge in [-0.05, 0) is 32.6 Å². The van der Waals surface area contributed by atoms with Crippen molar-refractivity contribution in [2.24, 2.45) is 0 Å². The fourth-order valence-electron chi connectivity index (χ4n) is 2.67. The molecule has 1 fully saturated rings. The van der Waals surface area contributed by atoms with Gasteiger partial charge in [0.15, 0.2) is 0 Å². The van der Waals surface area contributed by atoms with Crippen LogP contribution in [0, 0.1) is 0 Å². The minimum absolute atomic E-state index is 0.107. The van der Waals surface area contributed by atoms with Crippen LogP contribution in [0.2, 0.25) is 0 Å². The minimum atomic E-state index is -0.893. The highest BCUT2D eigenvalue weighted by Crippen LogP contribution is 2.17. The molecule has 5 heteroatoms. The van der Waals surface area contributed by atoms with Gasteiger partial charge in [0.25, 0.3) is 0 Å². The summed E-state index contributed by atoms with van der Waals surface area (Å²) >= 11 is 0. The fourth-order valence-corrected chi connectivity index (χ4v) is 2.67. The van der Waals surface area contributed by atoms with Gasteiger partial charge in [-0.1, -0.05) is 32.6 Å². The van der Waals surface area contributed by atoms with Crippen molar-refractivity contribution >= 4 is 12.0 Å². The molecule has 116 valence electrons. The standard InChI is InChI=1S/C15H28N2O3/c1-3-4-5-6-9-12(2)16-15(20)17-11-8-7-10-13(17)14(18)19/h12-13H,3-11H2,1-2H3,(H,16,20)(H,18,19). The second-order valence-electron chi connectivity index (χ2n) is 5.74. The average Bonchev–Trinajstić information content (AvgIpc) is 2.43. The third kappa shape index (κ3) is 5.39. The molecule has 0 saturated carbocycles. The van der Waals surface area contributed by atoms with Gasteiger partial charge in [0, 0.05) is 12.6 Å². The summed E-state index contributed by atoms with van der Waals surface area (Å²) in [6, 6.07) is -0.771. The van der Waals surface area contributed by atoms with Gasteiger partial charge in [-0.3, -0.25) is 0 Å². The number of piperidine rings is 1. The highest BCUT2D eigenvalue weighted by atomic mass is 16.4. The summed E-state index contributed by atoms with van der Waals surface area (Å²) in [6.45, 7) is 4.71. The largest absolute Gasteiger partial charge is 0.480 e. The molecule has 1 aliphatic heterocycles. The number of aliphatic carboxylic acids is 1. The molecule has 0 aromatic rings. The molecule has 1 aliphatic rings. The Labute approximate surface area is 121 Å². The molecule has 0 bridgehead atoms. The Morgan fingerprint density at radius 3 is 2.70 bits per heavy atom. The van der Waals surface area contributed by atoms with Crippen LogP contribution < -0.4 is 5.32 Å². The summed E-state index contributed by atoms with van der Waals surface area (Å²) in [4.78, 5) is 24.8. The van der Waals surface area contributed by atoms with Gasteiger partial charge in [-0.25, -0.2) is 9.59 Å². The van der Waals surface area contributed by atoms with E-state index in [0.717, 1.165) is 25.7 Å². The lowest BCUT2D eigenvalue weighted by atomic mass is 10.0. The van der Waals surface area contributed by atoms with E-state index in [9.17, 15) is 14.7 Å². The van der Waals surface area contributed by atoms with Crippen LogP contribution in [-0.4, -0.2) is 40.6 Å². The zero-order valence-electron chi connectivity index (χ0n) is 12.7. The van der Waals surface area contributed by atoms with Crippen LogP contribution in [0.4, 0.5) is 4.79 Å². The molecule has 0 radical (unpaired) electrons. The number of nitrogens with one attached hydrogen (secondary N) is 1. The van der Waals surface area contributed by atoms with E-state index in [0.29, 0.717) is 13.0 Å². The van der Waals surface area contributed by atoms with Crippen molar-refractivity contribution in [3.63, 3.8) is 0 Å². The molecule has 1 rings (SSSR count). The zero-order chi connectivity index (χ0) is 15.0. The van der Waals surface area contributed by atoms with Gasteiger partial charge in [0.2, 0.25) is 0 Å². The lowest BCUT2D eigenvalue weighted by Crippen LogP contribution is -2.53. The average molecular weight is 284 g/mol. The monoisotopic (exact) mass is 284 g/mol. The van der Waals surface area contributed by atoms with E-state index in [-0.39, 0.29) is 12.1 Å². The normalized spacial score (nSPS) is 20.5. The van der Waals surface area contributed by atoms with Crippen LogP contribution in [0.5, 0.6) is 0 Å². The lowest BCUT2D eigenvalue weighted by molar-refractivity contribution is -0.143. The number of carboxylic acid groups (broad SMARTS) is 1. The van der Waals surface area contributed by atoms with Gasteiger partial charge in [-0.2, -0.15) is 0 Å². The van der Waals surface area contributed by atoms with E-state index in [2.05, 4.69) is 12.2 Å². The summed E-state index contributed by atoms with van der Waals surface area (Å²) < 4.78 is 0. The van der Waals surface area contributed by atoms with Gasteiger partial charge in [0.05, 0.1) is 0 Å². The van der Waals surface area contributed by atoms with Gasteiger partial charge in [0.1, 0.15) is 6.04 Å². The number of likely N-dealkylation sites (tertiary alicyclic amines) is 1. The molecular formula is C15H28N2O3. The zero-order valence-corrected chi connectivity index (χ0v) is 12.7. The van der Waals surface area contributed by atoms with Crippen LogP contribution in [0.15, 0.2) is 0 Å². The first-order valence-electron chi connectivity index (χ1n) is 7.86. The molecule has 0 spiro atoms. The Bertz CT molecular complexity index is 320. The number of hydrogen-bond acceptors (Lipinski definition) is 2. The summed E-state index contributed by atoms with van der Waals surface area (Å²) in [7, 11) is 0. The smallest absolute Gasteiger partial charge is 0.326 e. The maximum absolute atomic E-state index is 12.2. The number of hydrogen-bond donors (Lipinski definition) is 2.